The molecule has 0 bridgehead atoms. The molecule has 0 N–H and O–H groups in total. The molecule has 6 heteroatoms. The molecule has 1 aliphatic rings. The first-order valence-electron chi connectivity index (χ1n) is 7.12. The predicted octanol–water partition coefficient (Wildman–Crippen LogP) is 2.22. The maximum absolute atomic E-state index is 12.5. The van der Waals surface area contributed by atoms with Gasteiger partial charge in [-0.3, -0.25) is 9.59 Å². The highest BCUT2D eigenvalue weighted by Gasteiger charge is 2.29. The normalized spacial score (nSPS) is 15.8. The molecule has 0 unspecified atom stereocenters. The van der Waals surface area contributed by atoms with E-state index in [1.165, 1.54) is 11.8 Å². The van der Waals surface area contributed by atoms with E-state index >= 15 is 0 Å². The van der Waals surface area contributed by atoms with Gasteiger partial charge in [0.25, 0.3) is 5.91 Å². The maximum Gasteiger partial charge on any atom is 0.309 e. The van der Waals surface area contributed by atoms with Gasteiger partial charge in [-0.05, 0) is 38.2 Å². The highest BCUT2D eigenvalue weighted by Crippen LogP contribution is 2.23. The van der Waals surface area contributed by atoms with Crippen LogP contribution in [0.15, 0.2) is 23.4 Å². The topological polar surface area (TPSA) is 59.5 Å². The number of likely N-dealkylation sites (tertiary alicyclic amines) is 1. The summed E-state index contributed by atoms with van der Waals surface area (Å²) in [5, 5.41) is 0.745. The van der Waals surface area contributed by atoms with Crippen LogP contribution in [0.1, 0.15) is 30.1 Å². The van der Waals surface area contributed by atoms with Gasteiger partial charge in [0.05, 0.1) is 18.1 Å². The Bertz CT molecular complexity index is 513. The minimum Gasteiger partial charge on any atom is -0.466 e. The summed E-state index contributed by atoms with van der Waals surface area (Å²) in [6.45, 7) is 3.39. The molecule has 1 amide bonds. The lowest BCUT2D eigenvalue weighted by Crippen LogP contribution is -2.40. The van der Waals surface area contributed by atoms with Gasteiger partial charge in [-0.1, -0.05) is 0 Å². The first kappa shape index (κ1) is 15.8. The molecule has 1 aromatic heterocycles. The van der Waals surface area contributed by atoms with Crippen LogP contribution in [0, 0.1) is 5.92 Å². The molecule has 0 saturated carbocycles. The number of piperidine rings is 1. The van der Waals surface area contributed by atoms with Crippen LogP contribution in [0.2, 0.25) is 0 Å². The summed E-state index contributed by atoms with van der Waals surface area (Å²) in [5.74, 6) is -0.228. The van der Waals surface area contributed by atoms with Crippen molar-refractivity contribution in [2.75, 3.05) is 26.0 Å². The lowest BCUT2D eigenvalue weighted by Gasteiger charge is -2.31. The van der Waals surface area contributed by atoms with Gasteiger partial charge in [-0.25, -0.2) is 4.98 Å². The van der Waals surface area contributed by atoms with Gasteiger partial charge in [-0.2, -0.15) is 0 Å². The van der Waals surface area contributed by atoms with Crippen molar-refractivity contribution < 1.29 is 14.3 Å². The summed E-state index contributed by atoms with van der Waals surface area (Å²) in [5.41, 5.74) is 0.639. The third-order valence-corrected chi connectivity index (χ3v) is 4.31. The number of pyridine rings is 1. The fourth-order valence-corrected chi connectivity index (χ4v) is 3.01. The van der Waals surface area contributed by atoms with Crippen molar-refractivity contribution >= 4 is 23.6 Å². The SMILES string of the molecule is CCOC(=O)C1CCN(C(=O)c2cccnc2SC)CC1. The van der Waals surface area contributed by atoms with Gasteiger partial charge in [-0.15, -0.1) is 11.8 Å². The van der Waals surface area contributed by atoms with Gasteiger partial charge in [0, 0.05) is 19.3 Å². The number of carbonyl (C=O) groups excluding carboxylic acids is 2. The second-order valence-electron chi connectivity index (χ2n) is 4.88. The van der Waals surface area contributed by atoms with Crippen LogP contribution < -0.4 is 0 Å². The van der Waals surface area contributed by atoms with E-state index in [0.29, 0.717) is 38.1 Å². The van der Waals surface area contributed by atoms with Crippen molar-refractivity contribution in [3.63, 3.8) is 0 Å². The fourth-order valence-electron chi connectivity index (χ4n) is 2.46. The Morgan fingerprint density at radius 3 is 2.76 bits per heavy atom. The Morgan fingerprint density at radius 2 is 2.14 bits per heavy atom. The zero-order valence-corrected chi connectivity index (χ0v) is 13.2. The van der Waals surface area contributed by atoms with E-state index < -0.39 is 0 Å². The average molecular weight is 308 g/mol. The summed E-state index contributed by atoms with van der Waals surface area (Å²) < 4.78 is 5.04. The maximum atomic E-state index is 12.5. The molecule has 0 radical (unpaired) electrons. The molecule has 114 valence electrons. The number of thioether (sulfide) groups is 1. The zero-order chi connectivity index (χ0) is 15.2. The average Bonchev–Trinajstić information content (AvgIpc) is 2.54. The third kappa shape index (κ3) is 3.75. The molecule has 1 aliphatic heterocycles. The van der Waals surface area contributed by atoms with E-state index in [0.717, 1.165) is 5.03 Å². The van der Waals surface area contributed by atoms with Gasteiger partial charge in [0.1, 0.15) is 5.03 Å². The first-order chi connectivity index (χ1) is 10.2. The van der Waals surface area contributed by atoms with Crippen molar-refractivity contribution in [3.8, 4) is 0 Å². The first-order valence-corrected chi connectivity index (χ1v) is 8.34. The molecular formula is C15H20N2O3S. The molecule has 0 aliphatic carbocycles. The summed E-state index contributed by atoms with van der Waals surface area (Å²) >= 11 is 1.47. The van der Waals surface area contributed by atoms with Crippen molar-refractivity contribution in [1.29, 1.82) is 0 Å². The molecule has 1 saturated heterocycles. The molecule has 0 aromatic carbocycles. The summed E-state index contributed by atoms with van der Waals surface area (Å²) in [6, 6.07) is 3.58. The predicted molar refractivity (Wildman–Crippen MR) is 81.3 cm³/mol. The number of carbonyl (C=O) groups is 2. The van der Waals surface area contributed by atoms with Gasteiger partial charge >= 0.3 is 5.97 Å². The van der Waals surface area contributed by atoms with Crippen LogP contribution in [0.5, 0.6) is 0 Å². The molecule has 1 aromatic rings. The van der Waals surface area contributed by atoms with Crippen LogP contribution in [0.25, 0.3) is 0 Å². The largest absolute Gasteiger partial charge is 0.466 e. The van der Waals surface area contributed by atoms with Crippen molar-refractivity contribution in [2.45, 2.75) is 24.8 Å². The van der Waals surface area contributed by atoms with Crippen LogP contribution in [-0.2, 0) is 9.53 Å². The molecule has 2 rings (SSSR count). The third-order valence-electron chi connectivity index (χ3n) is 3.60. The standard InChI is InChI=1S/C15H20N2O3S/c1-3-20-15(19)11-6-9-17(10-7-11)14(18)12-5-4-8-16-13(12)21-2/h4-5,8,11H,3,6-7,9-10H2,1-2H3. The number of ether oxygens (including phenoxy) is 1. The Balaban J connectivity index is 1.99. The molecule has 2 heterocycles. The minimum atomic E-state index is -0.143. The van der Waals surface area contributed by atoms with Crippen LogP contribution in [-0.4, -0.2) is 47.7 Å². The lowest BCUT2D eigenvalue weighted by atomic mass is 9.96. The van der Waals surface area contributed by atoms with Gasteiger partial charge in [0.15, 0.2) is 0 Å². The number of esters is 1. The minimum absolute atomic E-state index is 0.00485. The number of hydrogen-bond donors (Lipinski definition) is 0. The van der Waals surface area contributed by atoms with E-state index in [4.69, 9.17) is 4.74 Å². The van der Waals surface area contributed by atoms with Crippen molar-refractivity contribution in [2.24, 2.45) is 5.92 Å². The highest BCUT2D eigenvalue weighted by molar-refractivity contribution is 7.98. The molecule has 21 heavy (non-hydrogen) atoms. The number of nitrogens with zero attached hydrogens (tertiary/aromatic N) is 2. The molecule has 5 nitrogen and oxygen atoms in total. The molecule has 1 fully saturated rings. The molecule has 0 atom stereocenters. The Hall–Kier alpha value is -1.56. The second kappa shape index (κ2) is 7.45. The summed E-state index contributed by atoms with van der Waals surface area (Å²) in [4.78, 5) is 30.3. The van der Waals surface area contributed by atoms with Crippen LogP contribution >= 0.6 is 11.8 Å². The molecular weight excluding hydrogens is 288 g/mol. The van der Waals surface area contributed by atoms with Crippen LogP contribution in [0.3, 0.4) is 0 Å². The second-order valence-corrected chi connectivity index (χ2v) is 5.67. The smallest absolute Gasteiger partial charge is 0.309 e. The fraction of sp³-hybridized carbons (Fsp3) is 0.533. The zero-order valence-electron chi connectivity index (χ0n) is 12.4. The highest BCUT2D eigenvalue weighted by atomic mass is 32.2. The van der Waals surface area contributed by atoms with Crippen molar-refractivity contribution in [1.82, 2.24) is 9.88 Å². The van der Waals surface area contributed by atoms with Gasteiger partial charge < -0.3 is 9.64 Å². The number of rotatable bonds is 4. The van der Waals surface area contributed by atoms with E-state index in [9.17, 15) is 9.59 Å². The van der Waals surface area contributed by atoms with E-state index in [-0.39, 0.29) is 17.8 Å². The number of amides is 1. The van der Waals surface area contributed by atoms with Crippen molar-refractivity contribution in [3.05, 3.63) is 23.9 Å². The van der Waals surface area contributed by atoms with E-state index in [2.05, 4.69) is 4.98 Å². The summed E-state index contributed by atoms with van der Waals surface area (Å²) in [7, 11) is 0. The quantitative estimate of drug-likeness (QED) is 0.630. The van der Waals surface area contributed by atoms with Gasteiger partial charge in [0.2, 0.25) is 0 Å². The Labute approximate surface area is 129 Å². The molecule has 0 spiro atoms. The number of aromatic nitrogens is 1. The number of hydrogen-bond acceptors (Lipinski definition) is 5. The Kier molecular flexibility index (Phi) is 5.61. The van der Waals surface area contributed by atoms with E-state index in [1.54, 1.807) is 23.2 Å². The summed E-state index contributed by atoms with van der Waals surface area (Å²) in [6.07, 6.45) is 4.93. The monoisotopic (exact) mass is 308 g/mol. The van der Waals surface area contributed by atoms with E-state index in [1.807, 2.05) is 13.2 Å². The van der Waals surface area contributed by atoms with Crippen LogP contribution in [0.4, 0.5) is 0 Å². The lowest BCUT2D eigenvalue weighted by molar-refractivity contribution is -0.149. The Morgan fingerprint density at radius 1 is 1.43 bits per heavy atom.